The van der Waals surface area contributed by atoms with Crippen LogP contribution in [0.2, 0.25) is 5.02 Å². The normalized spacial score (nSPS) is 23.4. The first kappa shape index (κ1) is 21.9. The molecule has 180 valence electrons. The second kappa shape index (κ2) is 8.57. The molecule has 1 aromatic carbocycles. The van der Waals surface area contributed by atoms with Crippen LogP contribution in [0.3, 0.4) is 0 Å². The van der Waals surface area contributed by atoms with E-state index in [4.69, 9.17) is 26.1 Å². The molecule has 0 radical (unpaired) electrons. The summed E-state index contributed by atoms with van der Waals surface area (Å²) in [6, 6.07) is 7.06. The molecule has 0 amide bonds. The van der Waals surface area contributed by atoms with Crippen LogP contribution in [0.1, 0.15) is 6.92 Å². The number of methoxy groups -OCH3 is 1. The van der Waals surface area contributed by atoms with Crippen molar-refractivity contribution in [3.05, 3.63) is 29.4 Å². The Bertz CT molecular complexity index is 1210. The zero-order valence-electron chi connectivity index (χ0n) is 19.4. The fourth-order valence-electron chi connectivity index (χ4n) is 5.37. The second-order valence-electron chi connectivity index (χ2n) is 9.31. The molecular weight excluding hydrogens is 456 g/mol. The van der Waals surface area contributed by atoms with Gasteiger partial charge in [-0.15, -0.1) is 0 Å². The molecule has 1 unspecified atom stereocenters. The summed E-state index contributed by atoms with van der Waals surface area (Å²) in [6.45, 7) is 7.55. The van der Waals surface area contributed by atoms with E-state index in [1.807, 2.05) is 13.0 Å². The Morgan fingerprint density at radius 1 is 1.26 bits per heavy atom. The maximum Gasteiger partial charge on any atom is 0.180 e. The van der Waals surface area contributed by atoms with E-state index in [9.17, 15) is 5.11 Å². The van der Waals surface area contributed by atoms with Crippen molar-refractivity contribution >= 4 is 34.1 Å². The average Bonchev–Trinajstić information content (AvgIpc) is 3.27. The summed E-state index contributed by atoms with van der Waals surface area (Å²) in [4.78, 5) is 19.7. The Labute approximate surface area is 203 Å². The van der Waals surface area contributed by atoms with Gasteiger partial charge in [0.15, 0.2) is 5.65 Å². The number of H-pyrrole nitrogens is 1. The third-order valence-corrected chi connectivity index (χ3v) is 7.45. The number of ether oxygens (including phenoxy) is 2. The van der Waals surface area contributed by atoms with Gasteiger partial charge in [0.25, 0.3) is 0 Å². The first-order valence-electron chi connectivity index (χ1n) is 11.8. The molecule has 9 nitrogen and oxygen atoms in total. The number of pyridine rings is 1. The minimum Gasteiger partial charge on any atom is -0.496 e. The summed E-state index contributed by atoms with van der Waals surface area (Å²) in [6.07, 6.45) is 1.37. The monoisotopic (exact) mass is 484 g/mol. The molecule has 5 heterocycles. The lowest BCUT2D eigenvalue weighted by molar-refractivity contribution is -0.0175. The number of aromatic amines is 1. The number of likely N-dealkylation sites (tertiary alicyclic amines) is 1. The van der Waals surface area contributed by atoms with Crippen molar-refractivity contribution < 1.29 is 14.6 Å². The Balaban J connectivity index is 1.31. The lowest BCUT2D eigenvalue weighted by Crippen LogP contribution is -2.79. The van der Waals surface area contributed by atoms with Crippen molar-refractivity contribution in [1.29, 1.82) is 0 Å². The quantitative estimate of drug-likeness (QED) is 0.551. The van der Waals surface area contributed by atoms with Crippen LogP contribution >= 0.6 is 11.6 Å². The van der Waals surface area contributed by atoms with Crippen molar-refractivity contribution in [3.63, 3.8) is 0 Å². The van der Waals surface area contributed by atoms with Crippen LogP contribution < -0.4 is 14.5 Å². The number of imidazole rings is 1. The fraction of sp³-hybridized carbons (Fsp3) is 0.500. The highest BCUT2D eigenvalue weighted by Crippen LogP contribution is 2.44. The van der Waals surface area contributed by atoms with E-state index in [1.54, 1.807) is 13.3 Å². The third-order valence-electron chi connectivity index (χ3n) is 7.17. The van der Waals surface area contributed by atoms with Crippen molar-refractivity contribution in [1.82, 2.24) is 19.9 Å². The van der Waals surface area contributed by atoms with E-state index in [1.165, 1.54) is 0 Å². The van der Waals surface area contributed by atoms with Gasteiger partial charge in [-0.3, -0.25) is 4.90 Å². The lowest BCUT2D eigenvalue weighted by atomic mass is 9.84. The number of anilines is 2. The largest absolute Gasteiger partial charge is 0.496 e. The van der Waals surface area contributed by atoms with Crippen LogP contribution in [0.25, 0.3) is 22.6 Å². The molecule has 2 N–H and O–H groups in total. The van der Waals surface area contributed by atoms with E-state index in [0.717, 1.165) is 67.6 Å². The zero-order chi connectivity index (χ0) is 23.4. The molecule has 3 aromatic rings. The van der Waals surface area contributed by atoms with Gasteiger partial charge in [-0.2, -0.15) is 0 Å². The Hall–Kier alpha value is -2.59. The minimum absolute atomic E-state index is 0.314. The maximum absolute atomic E-state index is 9.71. The van der Waals surface area contributed by atoms with Crippen LogP contribution in [0.5, 0.6) is 5.75 Å². The number of nitrogens with zero attached hydrogens (tertiary/aromatic N) is 5. The van der Waals surface area contributed by atoms with Gasteiger partial charge in [-0.25, -0.2) is 9.97 Å². The molecule has 3 atom stereocenters. The SMILES string of the molecule is COc1cc(N2CCOCC2)ccc1-c1nc2ncc(Cl)c(N3C[C@@H]4C3CN4C[C@H](C)O)c2[nH]1. The summed E-state index contributed by atoms with van der Waals surface area (Å²) in [5, 5.41) is 10.3. The van der Waals surface area contributed by atoms with Gasteiger partial charge in [0.1, 0.15) is 17.1 Å². The molecule has 10 heteroatoms. The van der Waals surface area contributed by atoms with Crippen LogP contribution in [0.4, 0.5) is 11.4 Å². The molecule has 6 rings (SSSR count). The summed E-state index contributed by atoms with van der Waals surface area (Å²) in [5.74, 6) is 1.46. The zero-order valence-corrected chi connectivity index (χ0v) is 20.1. The predicted molar refractivity (Wildman–Crippen MR) is 132 cm³/mol. The van der Waals surface area contributed by atoms with Gasteiger partial charge in [0, 0.05) is 50.5 Å². The van der Waals surface area contributed by atoms with E-state index in [-0.39, 0.29) is 6.10 Å². The molecule has 0 spiro atoms. The van der Waals surface area contributed by atoms with Gasteiger partial charge in [-0.05, 0) is 19.1 Å². The smallest absolute Gasteiger partial charge is 0.180 e. The van der Waals surface area contributed by atoms with Gasteiger partial charge in [0.05, 0.1) is 54.9 Å². The average molecular weight is 485 g/mol. The highest BCUT2D eigenvalue weighted by atomic mass is 35.5. The fourth-order valence-corrected chi connectivity index (χ4v) is 5.63. The summed E-state index contributed by atoms with van der Waals surface area (Å²) in [7, 11) is 1.68. The number of aliphatic hydroxyl groups excluding tert-OH is 1. The van der Waals surface area contributed by atoms with Crippen LogP contribution in [-0.2, 0) is 4.74 Å². The number of piperazine rings is 1. The van der Waals surface area contributed by atoms with E-state index < -0.39 is 0 Å². The number of rotatable bonds is 6. The van der Waals surface area contributed by atoms with Gasteiger partial charge < -0.3 is 29.4 Å². The number of hydrogen-bond donors (Lipinski definition) is 2. The Morgan fingerprint density at radius 3 is 2.79 bits per heavy atom. The van der Waals surface area contributed by atoms with Gasteiger partial charge in [0.2, 0.25) is 0 Å². The molecule has 3 aliphatic rings. The van der Waals surface area contributed by atoms with Crippen molar-refractivity contribution in [3.8, 4) is 17.1 Å². The van der Waals surface area contributed by atoms with E-state index in [2.05, 4.69) is 36.8 Å². The molecule has 34 heavy (non-hydrogen) atoms. The molecule has 3 saturated heterocycles. The summed E-state index contributed by atoms with van der Waals surface area (Å²) < 4.78 is 11.2. The number of morpholine rings is 1. The maximum atomic E-state index is 9.71. The highest BCUT2D eigenvalue weighted by molar-refractivity contribution is 6.34. The van der Waals surface area contributed by atoms with Crippen molar-refractivity contribution in [2.24, 2.45) is 0 Å². The van der Waals surface area contributed by atoms with Gasteiger partial charge >= 0.3 is 0 Å². The molecule has 3 fully saturated rings. The topological polar surface area (TPSA) is 90.0 Å². The minimum atomic E-state index is -0.314. The van der Waals surface area contributed by atoms with Gasteiger partial charge in [-0.1, -0.05) is 11.6 Å². The van der Waals surface area contributed by atoms with Crippen molar-refractivity contribution in [2.45, 2.75) is 25.1 Å². The number of halogens is 1. The molecule has 0 saturated carbocycles. The number of nitrogens with one attached hydrogen (secondary N) is 1. The van der Waals surface area contributed by atoms with Crippen LogP contribution in [0, 0.1) is 0 Å². The van der Waals surface area contributed by atoms with E-state index >= 15 is 0 Å². The molecule has 0 aliphatic carbocycles. The predicted octanol–water partition coefficient (Wildman–Crippen LogP) is 2.38. The first-order chi connectivity index (χ1) is 16.5. The van der Waals surface area contributed by atoms with Crippen molar-refractivity contribution in [2.75, 3.05) is 62.8 Å². The standard InChI is InChI=1S/C24H29ClN6O3/c1-14(32)11-30-12-19-18(30)13-31(19)22-17(25)10-26-24-21(22)27-23(28-24)16-4-3-15(9-20(16)33-2)29-5-7-34-8-6-29/h3-4,9-10,14,18-19,32H,5-8,11-13H2,1-2H3,(H,26,27,28)/t14-,18+,19?/m0/s1. The number of benzene rings is 1. The number of fused-ring (bicyclic) bond motifs is 2. The number of β-amino-alcohol motifs (C(OH)–C–C–N with tert-alkyl or cyclic N) is 1. The third kappa shape index (κ3) is 3.58. The Kier molecular flexibility index (Phi) is 5.52. The number of hydrogen-bond acceptors (Lipinski definition) is 8. The summed E-state index contributed by atoms with van der Waals surface area (Å²) in [5.41, 5.74) is 4.42. The highest BCUT2D eigenvalue weighted by Gasteiger charge is 2.52. The van der Waals surface area contributed by atoms with E-state index in [0.29, 0.717) is 35.1 Å². The molecule has 0 bridgehead atoms. The molecule has 2 aromatic heterocycles. The van der Waals surface area contributed by atoms with Crippen LogP contribution in [0.15, 0.2) is 24.4 Å². The molecular formula is C24H29ClN6O3. The molecule has 3 aliphatic heterocycles. The van der Waals surface area contributed by atoms with Crippen LogP contribution in [-0.4, -0.2) is 96.2 Å². The number of aliphatic hydroxyl groups is 1. The Morgan fingerprint density at radius 2 is 2.09 bits per heavy atom. The first-order valence-corrected chi connectivity index (χ1v) is 12.2. The second-order valence-corrected chi connectivity index (χ2v) is 9.72. The summed E-state index contributed by atoms with van der Waals surface area (Å²) >= 11 is 6.64. The lowest BCUT2D eigenvalue weighted by Gasteiger charge is -2.63. The number of aromatic nitrogens is 3.